The highest BCUT2D eigenvalue weighted by Crippen LogP contribution is 2.26. The van der Waals surface area contributed by atoms with Crippen LogP contribution in [-0.2, 0) is 4.79 Å². The van der Waals surface area contributed by atoms with Crippen LogP contribution in [0.5, 0.6) is 0 Å². The topological polar surface area (TPSA) is 32.3 Å². The van der Waals surface area contributed by atoms with Gasteiger partial charge in [0.2, 0.25) is 5.91 Å². The van der Waals surface area contributed by atoms with Crippen molar-refractivity contribution < 1.29 is 4.79 Å². The number of carbonyl (C=O) groups excluding carboxylic acids is 1. The summed E-state index contributed by atoms with van der Waals surface area (Å²) >= 11 is 0. The van der Waals surface area contributed by atoms with Crippen molar-refractivity contribution in [1.82, 2.24) is 10.2 Å². The molecule has 3 heteroatoms. The molecule has 2 rings (SSSR count). The van der Waals surface area contributed by atoms with E-state index in [9.17, 15) is 4.79 Å². The third kappa shape index (κ3) is 3.01. The van der Waals surface area contributed by atoms with Gasteiger partial charge < -0.3 is 4.90 Å². The molecule has 0 radical (unpaired) electrons. The van der Waals surface area contributed by atoms with Gasteiger partial charge in [-0.1, -0.05) is 25.7 Å². The number of nitrogens with zero attached hydrogens (tertiary/aromatic N) is 1. The molecule has 1 amide bonds. The highest BCUT2D eigenvalue weighted by molar-refractivity contribution is 5.83. The van der Waals surface area contributed by atoms with Crippen molar-refractivity contribution >= 4 is 5.91 Å². The minimum Gasteiger partial charge on any atom is -0.337 e. The van der Waals surface area contributed by atoms with E-state index in [0.717, 1.165) is 6.54 Å². The molecule has 17 heavy (non-hydrogen) atoms. The van der Waals surface area contributed by atoms with Crippen LogP contribution in [0.15, 0.2) is 0 Å². The van der Waals surface area contributed by atoms with E-state index in [-0.39, 0.29) is 11.6 Å². The SMILES string of the molecule is CC1NC(C)(C)CN(C2CCCCCC2)C1=O. The minimum absolute atomic E-state index is 0.0259. The normalized spacial score (nSPS) is 31.4. The molecule has 1 N–H and O–H groups in total. The Hall–Kier alpha value is -0.570. The second kappa shape index (κ2) is 4.97. The average molecular weight is 238 g/mol. The quantitative estimate of drug-likeness (QED) is 0.711. The molecule has 0 aromatic carbocycles. The third-order valence-corrected chi connectivity index (χ3v) is 4.09. The van der Waals surface area contributed by atoms with Gasteiger partial charge >= 0.3 is 0 Å². The van der Waals surface area contributed by atoms with Gasteiger partial charge in [-0.15, -0.1) is 0 Å². The largest absolute Gasteiger partial charge is 0.337 e. The van der Waals surface area contributed by atoms with Crippen LogP contribution in [0.1, 0.15) is 59.3 Å². The van der Waals surface area contributed by atoms with E-state index in [1.807, 2.05) is 6.92 Å². The van der Waals surface area contributed by atoms with E-state index < -0.39 is 0 Å². The number of rotatable bonds is 1. The Labute approximate surface area is 105 Å². The number of hydrogen-bond acceptors (Lipinski definition) is 2. The molecular formula is C14H26N2O. The molecule has 1 aliphatic carbocycles. The highest BCUT2D eigenvalue weighted by Gasteiger charge is 2.38. The lowest BCUT2D eigenvalue weighted by molar-refractivity contribution is -0.141. The molecule has 1 saturated heterocycles. The maximum atomic E-state index is 12.3. The molecular weight excluding hydrogens is 212 g/mol. The van der Waals surface area contributed by atoms with E-state index in [1.54, 1.807) is 0 Å². The summed E-state index contributed by atoms with van der Waals surface area (Å²) < 4.78 is 0. The van der Waals surface area contributed by atoms with Crippen molar-refractivity contribution in [2.24, 2.45) is 0 Å². The standard InChI is InChI=1S/C14H26N2O/c1-11-13(17)16(10-14(2,3)15-11)12-8-6-4-5-7-9-12/h11-12,15H,4-10H2,1-3H3. The van der Waals surface area contributed by atoms with E-state index in [2.05, 4.69) is 24.1 Å². The number of nitrogens with one attached hydrogen (secondary N) is 1. The fourth-order valence-electron chi connectivity index (χ4n) is 3.32. The van der Waals surface area contributed by atoms with Gasteiger partial charge in [-0.25, -0.2) is 0 Å². The van der Waals surface area contributed by atoms with Crippen LogP contribution in [0.3, 0.4) is 0 Å². The highest BCUT2D eigenvalue weighted by atomic mass is 16.2. The monoisotopic (exact) mass is 238 g/mol. The van der Waals surface area contributed by atoms with Gasteiger partial charge in [0.1, 0.15) is 0 Å². The Morgan fingerprint density at radius 3 is 2.35 bits per heavy atom. The van der Waals surface area contributed by atoms with Gasteiger partial charge in [-0.3, -0.25) is 10.1 Å². The van der Waals surface area contributed by atoms with Crippen LogP contribution in [-0.4, -0.2) is 35.0 Å². The summed E-state index contributed by atoms with van der Waals surface area (Å²) in [6, 6.07) is 0.468. The van der Waals surface area contributed by atoms with Crippen LogP contribution in [0.25, 0.3) is 0 Å². The van der Waals surface area contributed by atoms with Gasteiger partial charge in [0.05, 0.1) is 6.04 Å². The summed E-state index contributed by atoms with van der Waals surface area (Å²) in [6.45, 7) is 7.24. The second-order valence-corrected chi connectivity index (χ2v) is 6.36. The van der Waals surface area contributed by atoms with Crippen LogP contribution in [0.2, 0.25) is 0 Å². The summed E-state index contributed by atoms with van der Waals surface area (Å²) in [4.78, 5) is 14.4. The van der Waals surface area contributed by atoms with Crippen molar-refractivity contribution in [3.05, 3.63) is 0 Å². The molecule has 2 aliphatic rings. The minimum atomic E-state index is -0.0259. The number of piperazine rings is 1. The average Bonchev–Trinajstić information content (AvgIpc) is 2.51. The molecule has 3 nitrogen and oxygen atoms in total. The molecule has 2 fully saturated rings. The summed E-state index contributed by atoms with van der Waals surface area (Å²) in [7, 11) is 0. The first kappa shape index (κ1) is 12.9. The van der Waals surface area contributed by atoms with E-state index >= 15 is 0 Å². The maximum absolute atomic E-state index is 12.3. The molecule has 0 aromatic heterocycles. The molecule has 1 unspecified atom stereocenters. The lowest BCUT2D eigenvalue weighted by Crippen LogP contribution is -2.65. The first-order chi connectivity index (χ1) is 7.99. The smallest absolute Gasteiger partial charge is 0.239 e. The fourth-order valence-corrected chi connectivity index (χ4v) is 3.32. The molecule has 1 heterocycles. The van der Waals surface area contributed by atoms with Gasteiger partial charge in [-0.2, -0.15) is 0 Å². The van der Waals surface area contributed by atoms with Crippen molar-refractivity contribution in [3.8, 4) is 0 Å². The van der Waals surface area contributed by atoms with Crippen LogP contribution < -0.4 is 5.32 Å². The van der Waals surface area contributed by atoms with Gasteiger partial charge in [0, 0.05) is 18.1 Å². The number of hydrogen-bond donors (Lipinski definition) is 1. The Kier molecular flexibility index (Phi) is 3.76. The molecule has 0 aromatic rings. The lowest BCUT2D eigenvalue weighted by atomic mass is 9.95. The van der Waals surface area contributed by atoms with Crippen LogP contribution in [0, 0.1) is 0 Å². The predicted octanol–water partition coefficient (Wildman–Crippen LogP) is 2.31. The van der Waals surface area contributed by atoms with Crippen LogP contribution >= 0.6 is 0 Å². The molecule has 1 aliphatic heterocycles. The molecule has 0 bridgehead atoms. The van der Waals surface area contributed by atoms with Crippen molar-refractivity contribution in [2.45, 2.75) is 76.9 Å². The zero-order chi connectivity index (χ0) is 12.5. The number of amides is 1. The summed E-state index contributed by atoms with van der Waals surface area (Å²) in [5.74, 6) is 0.302. The van der Waals surface area contributed by atoms with Gasteiger partial charge in [0.25, 0.3) is 0 Å². The zero-order valence-corrected chi connectivity index (χ0v) is 11.5. The van der Waals surface area contributed by atoms with Crippen molar-refractivity contribution in [2.75, 3.05) is 6.54 Å². The predicted molar refractivity (Wildman–Crippen MR) is 69.9 cm³/mol. The molecule has 1 saturated carbocycles. The van der Waals surface area contributed by atoms with Gasteiger partial charge in [-0.05, 0) is 33.6 Å². The fraction of sp³-hybridized carbons (Fsp3) is 0.929. The Morgan fingerprint density at radius 1 is 1.18 bits per heavy atom. The Morgan fingerprint density at radius 2 is 1.76 bits per heavy atom. The van der Waals surface area contributed by atoms with Crippen molar-refractivity contribution in [1.29, 1.82) is 0 Å². The zero-order valence-electron chi connectivity index (χ0n) is 11.5. The van der Waals surface area contributed by atoms with E-state index in [1.165, 1.54) is 38.5 Å². The Balaban J connectivity index is 2.08. The van der Waals surface area contributed by atoms with Crippen LogP contribution in [0.4, 0.5) is 0 Å². The lowest BCUT2D eigenvalue weighted by Gasteiger charge is -2.45. The second-order valence-electron chi connectivity index (χ2n) is 6.36. The van der Waals surface area contributed by atoms with Gasteiger partial charge in [0.15, 0.2) is 0 Å². The Bertz CT molecular complexity index is 280. The summed E-state index contributed by atoms with van der Waals surface area (Å²) in [6.07, 6.45) is 7.67. The molecule has 1 atom stereocenters. The first-order valence-electron chi connectivity index (χ1n) is 7.08. The molecule has 98 valence electrons. The van der Waals surface area contributed by atoms with E-state index in [0.29, 0.717) is 11.9 Å². The third-order valence-electron chi connectivity index (χ3n) is 4.09. The van der Waals surface area contributed by atoms with Crippen molar-refractivity contribution in [3.63, 3.8) is 0 Å². The maximum Gasteiger partial charge on any atom is 0.239 e. The molecule has 0 spiro atoms. The summed E-state index contributed by atoms with van der Waals surface area (Å²) in [5, 5.41) is 3.40. The van der Waals surface area contributed by atoms with E-state index in [4.69, 9.17) is 0 Å². The number of carbonyl (C=O) groups is 1. The first-order valence-corrected chi connectivity index (χ1v) is 7.08. The summed E-state index contributed by atoms with van der Waals surface area (Å²) in [5.41, 5.74) is 0.0552.